The largest absolute Gasteiger partial charge is 0.424 e. The second kappa shape index (κ2) is 10.9. The van der Waals surface area contributed by atoms with E-state index in [-0.39, 0.29) is 11.5 Å². The average molecular weight is 542 g/mol. The van der Waals surface area contributed by atoms with Gasteiger partial charge in [-0.2, -0.15) is 13.2 Å². The van der Waals surface area contributed by atoms with Gasteiger partial charge in [-0.05, 0) is 67.7 Å². The monoisotopic (exact) mass is 541 g/mol. The van der Waals surface area contributed by atoms with E-state index >= 15 is 0 Å². The minimum Gasteiger partial charge on any atom is -0.424 e. The number of carbonyl (C=O) groups is 1. The molecule has 0 spiro atoms. The SMILES string of the molecule is C[C@]1(C[C@@H]2CCCC[C@H]2Nc2ncc(-c3cccc(C(N)=O)c3)o2)CCCN(c2ccc(C(F)(F)F)cn2)C1. The Morgan fingerprint density at radius 1 is 1.15 bits per heavy atom. The molecule has 1 aromatic carbocycles. The number of hydrogen-bond acceptors (Lipinski definition) is 6. The summed E-state index contributed by atoms with van der Waals surface area (Å²) in [5.41, 5.74) is 5.85. The molecule has 208 valence electrons. The number of pyridine rings is 1. The zero-order chi connectivity index (χ0) is 27.6. The van der Waals surface area contributed by atoms with Gasteiger partial charge in [0.1, 0.15) is 5.82 Å². The van der Waals surface area contributed by atoms with Crippen LogP contribution < -0.4 is 16.0 Å². The molecule has 2 aliphatic rings. The van der Waals surface area contributed by atoms with Crippen LogP contribution >= 0.6 is 0 Å². The Bertz CT molecular complexity index is 1290. The van der Waals surface area contributed by atoms with Crippen molar-refractivity contribution in [3.8, 4) is 11.3 Å². The van der Waals surface area contributed by atoms with E-state index in [0.717, 1.165) is 69.4 Å². The Balaban J connectivity index is 1.25. The lowest BCUT2D eigenvalue weighted by atomic mass is 9.70. The van der Waals surface area contributed by atoms with E-state index in [1.165, 1.54) is 12.5 Å². The Morgan fingerprint density at radius 3 is 2.72 bits per heavy atom. The number of alkyl halides is 3. The molecule has 1 saturated carbocycles. The van der Waals surface area contributed by atoms with Crippen molar-refractivity contribution in [3.05, 3.63) is 59.9 Å². The highest BCUT2D eigenvalue weighted by molar-refractivity contribution is 5.93. The first-order valence-electron chi connectivity index (χ1n) is 13.5. The summed E-state index contributed by atoms with van der Waals surface area (Å²) in [5, 5.41) is 3.53. The topological polar surface area (TPSA) is 97.3 Å². The summed E-state index contributed by atoms with van der Waals surface area (Å²) in [6, 6.07) is 10.2. The molecule has 3 N–H and O–H groups in total. The minimum atomic E-state index is -4.39. The fourth-order valence-corrected chi connectivity index (χ4v) is 6.15. The molecule has 2 fully saturated rings. The average Bonchev–Trinajstić information content (AvgIpc) is 3.38. The van der Waals surface area contributed by atoms with Crippen molar-refractivity contribution in [3.63, 3.8) is 0 Å². The standard InChI is InChI=1S/C29H34F3N5O2/c1-28(12-5-13-37(18-28)25-11-10-22(16-34-25)29(30,31)32)15-21-6-2-3-9-23(21)36-27-35-17-24(39-27)19-7-4-8-20(14-19)26(33)38/h4,7-8,10-11,14,16-17,21,23H,2-3,5-6,9,12-13,15,18H2,1H3,(H2,33,38)(H,35,36)/t21-,23+,28+/m0/s1. The Morgan fingerprint density at radius 2 is 1.97 bits per heavy atom. The molecule has 39 heavy (non-hydrogen) atoms. The fraction of sp³-hybridized carbons (Fsp3) is 0.483. The van der Waals surface area contributed by atoms with E-state index in [1.54, 1.807) is 24.4 Å². The second-order valence-corrected chi connectivity index (χ2v) is 11.2. The molecule has 0 unspecified atom stereocenters. The fourth-order valence-electron chi connectivity index (χ4n) is 6.15. The van der Waals surface area contributed by atoms with Gasteiger partial charge in [-0.25, -0.2) is 9.97 Å². The molecule has 1 saturated heterocycles. The van der Waals surface area contributed by atoms with E-state index in [2.05, 4.69) is 27.1 Å². The highest BCUT2D eigenvalue weighted by Crippen LogP contribution is 2.42. The first-order chi connectivity index (χ1) is 18.6. The van der Waals surface area contributed by atoms with Crippen LogP contribution in [-0.4, -0.2) is 35.0 Å². The number of nitrogens with one attached hydrogen (secondary N) is 1. The van der Waals surface area contributed by atoms with Crippen LogP contribution in [0.1, 0.15) is 67.8 Å². The number of anilines is 2. The van der Waals surface area contributed by atoms with Gasteiger partial charge in [0.05, 0.1) is 11.8 Å². The van der Waals surface area contributed by atoms with Gasteiger partial charge in [0.25, 0.3) is 6.01 Å². The number of halogens is 3. The number of benzene rings is 1. The molecule has 1 aliphatic heterocycles. The third-order valence-corrected chi connectivity index (χ3v) is 8.09. The van der Waals surface area contributed by atoms with Gasteiger partial charge in [-0.1, -0.05) is 31.9 Å². The van der Waals surface area contributed by atoms with Gasteiger partial charge in [0.2, 0.25) is 5.91 Å². The van der Waals surface area contributed by atoms with E-state index in [1.807, 2.05) is 6.07 Å². The molecule has 0 bridgehead atoms. The lowest BCUT2D eigenvalue weighted by Gasteiger charge is -2.45. The molecule has 0 radical (unpaired) electrons. The maximum Gasteiger partial charge on any atom is 0.417 e. The number of amides is 1. The number of carbonyl (C=O) groups excluding carboxylic acids is 1. The molecule has 1 amide bonds. The summed E-state index contributed by atoms with van der Waals surface area (Å²) in [6.45, 7) is 3.83. The lowest BCUT2D eigenvalue weighted by molar-refractivity contribution is -0.137. The molecule has 3 heterocycles. The first-order valence-corrected chi connectivity index (χ1v) is 13.5. The van der Waals surface area contributed by atoms with Gasteiger partial charge in [-0.3, -0.25) is 4.79 Å². The van der Waals surface area contributed by atoms with E-state index in [9.17, 15) is 18.0 Å². The molecule has 1 aliphatic carbocycles. The molecule has 7 nitrogen and oxygen atoms in total. The van der Waals surface area contributed by atoms with Crippen molar-refractivity contribution >= 4 is 17.7 Å². The summed E-state index contributed by atoms with van der Waals surface area (Å²) in [4.78, 5) is 22.3. The van der Waals surface area contributed by atoms with Crippen LogP contribution in [0.4, 0.5) is 25.0 Å². The van der Waals surface area contributed by atoms with Gasteiger partial charge < -0.3 is 20.4 Å². The van der Waals surface area contributed by atoms with Crippen LogP contribution in [0.25, 0.3) is 11.3 Å². The van der Waals surface area contributed by atoms with Crippen molar-refractivity contribution in [2.24, 2.45) is 17.1 Å². The predicted molar refractivity (Wildman–Crippen MR) is 143 cm³/mol. The van der Waals surface area contributed by atoms with Crippen LogP contribution in [0, 0.1) is 11.3 Å². The summed E-state index contributed by atoms with van der Waals surface area (Å²) < 4.78 is 45.0. The minimum absolute atomic E-state index is 0.0154. The number of nitrogens with two attached hydrogens (primary N) is 1. The smallest absolute Gasteiger partial charge is 0.417 e. The van der Waals surface area contributed by atoms with Gasteiger partial charge in [0, 0.05) is 36.5 Å². The number of nitrogens with zero attached hydrogens (tertiary/aromatic N) is 3. The molecule has 2 aromatic heterocycles. The van der Waals surface area contributed by atoms with E-state index < -0.39 is 17.6 Å². The highest BCUT2D eigenvalue weighted by Gasteiger charge is 2.38. The summed E-state index contributed by atoms with van der Waals surface area (Å²) in [5.74, 6) is 1.08. The number of hydrogen-bond donors (Lipinski definition) is 2. The number of aromatic nitrogens is 2. The summed E-state index contributed by atoms with van der Waals surface area (Å²) in [6.07, 6.45) is 5.62. The number of rotatable bonds is 7. The van der Waals surface area contributed by atoms with Crippen LogP contribution in [0.5, 0.6) is 0 Å². The second-order valence-electron chi connectivity index (χ2n) is 11.2. The van der Waals surface area contributed by atoms with Gasteiger partial charge in [0.15, 0.2) is 5.76 Å². The van der Waals surface area contributed by atoms with Gasteiger partial charge >= 0.3 is 6.18 Å². The van der Waals surface area contributed by atoms with Crippen molar-refractivity contribution in [2.45, 2.75) is 64.1 Å². The van der Waals surface area contributed by atoms with Gasteiger partial charge in [-0.15, -0.1) is 0 Å². The summed E-state index contributed by atoms with van der Waals surface area (Å²) in [7, 11) is 0. The zero-order valence-electron chi connectivity index (χ0n) is 22.0. The van der Waals surface area contributed by atoms with Crippen molar-refractivity contribution in [1.29, 1.82) is 0 Å². The molecular formula is C29H34F3N5O2. The van der Waals surface area contributed by atoms with Crippen molar-refractivity contribution in [2.75, 3.05) is 23.3 Å². The number of piperidine rings is 1. The Labute approximate surface area is 226 Å². The molecule has 10 heteroatoms. The molecule has 3 atom stereocenters. The van der Waals surface area contributed by atoms with Crippen LogP contribution in [-0.2, 0) is 6.18 Å². The Kier molecular flexibility index (Phi) is 7.55. The molecule has 3 aromatic rings. The molecular weight excluding hydrogens is 507 g/mol. The van der Waals surface area contributed by atoms with Crippen molar-refractivity contribution in [1.82, 2.24) is 9.97 Å². The number of primary amides is 1. The first kappa shape index (κ1) is 27.0. The maximum absolute atomic E-state index is 13.0. The quantitative estimate of drug-likeness (QED) is 0.353. The van der Waals surface area contributed by atoms with Crippen molar-refractivity contribution < 1.29 is 22.4 Å². The normalized spacial score (nSPS) is 23.9. The summed E-state index contributed by atoms with van der Waals surface area (Å²) >= 11 is 0. The highest BCUT2D eigenvalue weighted by atomic mass is 19.4. The predicted octanol–water partition coefficient (Wildman–Crippen LogP) is 6.52. The maximum atomic E-state index is 13.0. The lowest BCUT2D eigenvalue weighted by Crippen LogP contribution is -2.45. The third-order valence-electron chi connectivity index (χ3n) is 8.09. The van der Waals surface area contributed by atoms with Crippen LogP contribution in [0.2, 0.25) is 0 Å². The van der Waals surface area contributed by atoms with E-state index in [0.29, 0.717) is 29.1 Å². The molecule has 5 rings (SSSR count). The van der Waals surface area contributed by atoms with Crippen LogP contribution in [0.15, 0.2) is 53.2 Å². The third kappa shape index (κ3) is 6.37. The van der Waals surface area contributed by atoms with Crippen LogP contribution in [0.3, 0.4) is 0 Å². The zero-order valence-corrected chi connectivity index (χ0v) is 22.0. The van der Waals surface area contributed by atoms with E-state index in [4.69, 9.17) is 10.2 Å². The Hall–Kier alpha value is -3.56. The number of oxazole rings is 1.